The Morgan fingerprint density at radius 1 is 0.962 bits per heavy atom. The number of nitrogens with zero attached hydrogens (tertiary/aromatic N) is 5. The molecule has 136 valence electrons. The number of aromatic nitrogens is 5. The van der Waals surface area contributed by atoms with E-state index in [9.17, 15) is 4.39 Å². The van der Waals surface area contributed by atoms with Crippen LogP contribution in [0.25, 0.3) is 0 Å². The maximum absolute atomic E-state index is 13.0. The number of aryl methyl sites for hydroxylation is 2. The minimum Gasteiger partial charge on any atom is -0.306 e. The molecule has 3 rings (SSSR count). The summed E-state index contributed by atoms with van der Waals surface area (Å²) in [6.45, 7) is 6.81. The highest BCUT2D eigenvalue weighted by atomic mass is 32.2. The van der Waals surface area contributed by atoms with Gasteiger partial charge in [-0.25, -0.2) is 14.4 Å². The van der Waals surface area contributed by atoms with Crippen molar-refractivity contribution >= 4 is 23.5 Å². The van der Waals surface area contributed by atoms with Gasteiger partial charge in [-0.3, -0.25) is 0 Å². The second-order valence-corrected chi connectivity index (χ2v) is 7.67. The zero-order chi connectivity index (χ0) is 18.5. The number of benzene rings is 1. The molecule has 0 aliphatic rings. The number of rotatable bonds is 7. The van der Waals surface area contributed by atoms with Crippen LogP contribution in [0.5, 0.6) is 0 Å². The molecule has 26 heavy (non-hydrogen) atoms. The van der Waals surface area contributed by atoms with Gasteiger partial charge in [0, 0.05) is 23.7 Å². The molecule has 0 aliphatic carbocycles. The minimum atomic E-state index is -0.219. The van der Waals surface area contributed by atoms with Crippen molar-refractivity contribution in [1.29, 1.82) is 0 Å². The Morgan fingerprint density at radius 3 is 2.31 bits per heavy atom. The van der Waals surface area contributed by atoms with Crippen molar-refractivity contribution < 1.29 is 4.39 Å². The van der Waals surface area contributed by atoms with Gasteiger partial charge in [0.2, 0.25) is 0 Å². The summed E-state index contributed by atoms with van der Waals surface area (Å²) in [5.74, 6) is 2.08. The lowest BCUT2D eigenvalue weighted by molar-refractivity contribution is 0.627. The average Bonchev–Trinajstić information content (AvgIpc) is 3.00. The Balaban J connectivity index is 1.66. The van der Waals surface area contributed by atoms with Crippen LogP contribution in [0.2, 0.25) is 0 Å². The molecule has 0 spiro atoms. The SMILES string of the molecule is CCn1c(CSc2nc(C)cc(C)n2)nnc1SCc1ccc(F)cc1. The second-order valence-electron chi connectivity index (χ2n) is 5.78. The van der Waals surface area contributed by atoms with Crippen LogP contribution < -0.4 is 0 Å². The van der Waals surface area contributed by atoms with Crippen LogP contribution in [0, 0.1) is 19.7 Å². The Hall–Kier alpha value is -1.93. The van der Waals surface area contributed by atoms with Gasteiger partial charge >= 0.3 is 0 Å². The van der Waals surface area contributed by atoms with Gasteiger partial charge in [-0.15, -0.1) is 10.2 Å². The monoisotopic (exact) mass is 389 g/mol. The molecule has 1 aromatic carbocycles. The van der Waals surface area contributed by atoms with Gasteiger partial charge in [-0.1, -0.05) is 35.7 Å². The summed E-state index contributed by atoms with van der Waals surface area (Å²) in [6, 6.07) is 8.51. The highest BCUT2D eigenvalue weighted by molar-refractivity contribution is 7.98. The third-order valence-electron chi connectivity index (χ3n) is 3.68. The molecule has 2 aromatic heterocycles. The molecular weight excluding hydrogens is 369 g/mol. The van der Waals surface area contributed by atoms with E-state index in [1.54, 1.807) is 35.7 Å². The van der Waals surface area contributed by atoms with E-state index in [4.69, 9.17) is 0 Å². The van der Waals surface area contributed by atoms with Crippen LogP contribution in [0.3, 0.4) is 0 Å². The van der Waals surface area contributed by atoms with Crippen LogP contribution in [-0.4, -0.2) is 24.7 Å². The standard InChI is InChI=1S/C18H20FN5S2/c1-4-24-16(11-25-17-20-12(2)9-13(3)21-17)22-23-18(24)26-10-14-5-7-15(19)8-6-14/h5-9H,4,10-11H2,1-3H3. The zero-order valence-corrected chi connectivity index (χ0v) is 16.6. The lowest BCUT2D eigenvalue weighted by atomic mass is 10.2. The lowest BCUT2D eigenvalue weighted by Gasteiger charge is -2.07. The Labute approximate surface area is 160 Å². The summed E-state index contributed by atoms with van der Waals surface area (Å²) in [5, 5.41) is 10.3. The van der Waals surface area contributed by atoms with E-state index < -0.39 is 0 Å². The van der Waals surface area contributed by atoms with E-state index in [-0.39, 0.29) is 5.82 Å². The van der Waals surface area contributed by atoms with E-state index in [0.717, 1.165) is 45.4 Å². The van der Waals surface area contributed by atoms with E-state index in [1.165, 1.54) is 12.1 Å². The first-order chi connectivity index (χ1) is 12.5. The fraction of sp³-hybridized carbons (Fsp3) is 0.333. The number of thioether (sulfide) groups is 2. The van der Waals surface area contributed by atoms with Crippen molar-refractivity contribution in [3.8, 4) is 0 Å². The van der Waals surface area contributed by atoms with Crippen molar-refractivity contribution in [3.05, 3.63) is 58.9 Å². The first kappa shape index (κ1) is 18.8. The third-order valence-corrected chi connectivity index (χ3v) is 5.56. The molecule has 5 nitrogen and oxygen atoms in total. The molecule has 0 radical (unpaired) electrons. The molecule has 0 aliphatic heterocycles. The average molecular weight is 390 g/mol. The fourth-order valence-corrected chi connectivity index (χ4v) is 4.33. The molecule has 0 fully saturated rings. The van der Waals surface area contributed by atoms with Gasteiger partial charge in [-0.05, 0) is 44.5 Å². The molecule has 0 N–H and O–H groups in total. The van der Waals surface area contributed by atoms with Gasteiger partial charge in [0.25, 0.3) is 0 Å². The van der Waals surface area contributed by atoms with Crippen LogP contribution in [-0.2, 0) is 18.1 Å². The van der Waals surface area contributed by atoms with E-state index >= 15 is 0 Å². The van der Waals surface area contributed by atoms with Crippen LogP contribution >= 0.6 is 23.5 Å². The largest absolute Gasteiger partial charge is 0.306 e. The van der Waals surface area contributed by atoms with Gasteiger partial charge in [0.15, 0.2) is 10.3 Å². The number of hydrogen-bond donors (Lipinski definition) is 0. The molecule has 2 heterocycles. The smallest absolute Gasteiger partial charge is 0.191 e. The van der Waals surface area contributed by atoms with Gasteiger partial charge in [-0.2, -0.15) is 0 Å². The Morgan fingerprint density at radius 2 is 1.65 bits per heavy atom. The molecular formula is C18H20FN5S2. The van der Waals surface area contributed by atoms with E-state index in [1.807, 2.05) is 19.9 Å². The fourth-order valence-electron chi connectivity index (χ4n) is 2.47. The van der Waals surface area contributed by atoms with Crippen molar-refractivity contribution in [3.63, 3.8) is 0 Å². The highest BCUT2D eigenvalue weighted by Crippen LogP contribution is 2.25. The molecule has 0 saturated heterocycles. The van der Waals surface area contributed by atoms with Crippen LogP contribution in [0.15, 0.2) is 40.6 Å². The molecule has 0 unspecified atom stereocenters. The van der Waals surface area contributed by atoms with Crippen LogP contribution in [0.4, 0.5) is 4.39 Å². The lowest BCUT2D eigenvalue weighted by Crippen LogP contribution is -2.03. The summed E-state index contributed by atoms with van der Waals surface area (Å²) < 4.78 is 15.1. The second kappa shape index (κ2) is 8.64. The third kappa shape index (κ3) is 4.82. The summed E-state index contributed by atoms with van der Waals surface area (Å²) in [7, 11) is 0. The van der Waals surface area contributed by atoms with E-state index in [2.05, 4.69) is 31.7 Å². The molecule has 0 amide bonds. The first-order valence-electron chi connectivity index (χ1n) is 8.29. The van der Waals surface area contributed by atoms with Crippen molar-refractivity contribution in [2.24, 2.45) is 0 Å². The molecule has 0 bridgehead atoms. The molecule has 0 saturated carbocycles. The number of halogens is 1. The van der Waals surface area contributed by atoms with Gasteiger partial charge < -0.3 is 4.57 Å². The highest BCUT2D eigenvalue weighted by Gasteiger charge is 2.13. The van der Waals surface area contributed by atoms with E-state index in [0.29, 0.717) is 5.75 Å². The number of hydrogen-bond acceptors (Lipinski definition) is 6. The van der Waals surface area contributed by atoms with Crippen molar-refractivity contribution in [2.75, 3.05) is 0 Å². The summed E-state index contributed by atoms with van der Waals surface area (Å²) >= 11 is 3.17. The van der Waals surface area contributed by atoms with Crippen LogP contribution in [0.1, 0.15) is 29.7 Å². The Kier molecular flexibility index (Phi) is 6.26. The summed E-state index contributed by atoms with van der Waals surface area (Å²) in [6.07, 6.45) is 0. The quantitative estimate of drug-likeness (QED) is 0.440. The topological polar surface area (TPSA) is 56.5 Å². The first-order valence-corrected chi connectivity index (χ1v) is 10.3. The van der Waals surface area contributed by atoms with Crippen molar-refractivity contribution in [2.45, 2.75) is 49.1 Å². The maximum Gasteiger partial charge on any atom is 0.191 e. The summed E-state index contributed by atoms with van der Waals surface area (Å²) in [4.78, 5) is 8.91. The normalized spacial score (nSPS) is 11.1. The van der Waals surface area contributed by atoms with Gasteiger partial charge in [0.1, 0.15) is 11.6 Å². The Bertz CT molecular complexity index is 860. The summed E-state index contributed by atoms with van der Waals surface area (Å²) in [5.41, 5.74) is 2.99. The maximum atomic E-state index is 13.0. The minimum absolute atomic E-state index is 0.219. The van der Waals surface area contributed by atoms with Crippen molar-refractivity contribution in [1.82, 2.24) is 24.7 Å². The molecule has 3 aromatic rings. The van der Waals surface area contributed by atoms with Gasteiger partial charge in [0.05, 0.1) is 5.75 Å². The molecule has 0 atom stereocenters. The predicted octanol–water partition coefficient (Wildman–Crippen LogP) is 4.43. The predicted molar refractivity (Wildman–Crippen MR) is 103 cm³/mol. The molecule has 8 heteroatoms. The zero-order valence-electron chi connectivity index (χ0n) is 14.9.